The summed E-state index contributed by atoms with van der Waals surface area (Å²) in [6, 6.07) is 17.1. The summed E-state index contributed by atoms with van der Waals surface area (Å²) in [7, 11) is 0. The quantitative estimate of drug-likeness (QED) is 0.680. The molecule has 146 valence electrons. The minimum atomic E-state index is -1.04. The molecule has 2 saturated heterocycles. The third-order valence-corrected chi connectivity index (χ3v) is 5.26. The third-order valence-electron chi connectivity index (χ3n) is 5.26. The van der Waals surface area contributed by atoms with Crippen LogP contribution in [0.2, 0.25) is 0 Å². The van der Waals surface area contributed by atoms with Gasteiger partial charge < -0.3 is 10.2 Å². The summed E-state index contributed by atoms with van der Waals surface area (Å²) in [4.78, 5) is 44.7. The van der Waals surface area contributed by atoms with Crippen LogP contribution in [0.4, 0.5) is 5.69 Å². The molecular weight excluding hydrogens is 374 g/mol. The van der Waals surface area contributed by atoms with Crippen LogP contribution >= 0.6 is 0 Å². The van der Waals surface area contributed by atoms with Crippen LogP contribution in [0.15, 0.2) is 65.1 Å². The summed E-state index contributed by atoms with van der Waals surface area (Å²) >= 11 is 0. The summed E-state index contributed by atoms with van der Waals surface area (Å²) in [5.41, 5.74) is 6.47. The third kappa shape index (κ3) is 2.72. The molecule has 2 aliphatic rings. The normalized spacial score (nSPS) is 24.4. The van der Waals surface area contributed by atoms with Gasteiger partial charge in [0.15, 0.2) is 6.10 Å². The van der Waals surface area contributed by atoms with Crippen LogP contribution in [-0.4, -0.2) is 35.4 Å². The van der Waals surface area contributed by atoms with Crippen molar-refractivity contribution in [3.63, 3.8) is 0 Å². The maximum Gasteiger partial charge on any atom is 0.265 e. The molecule has 2 fully saturated rings. The number of hydroxylamine groups is 2. The first-order valence-corrected chi connectivity index (χ1v) is 9.17. The molecule has 0 radical (unpaired) electrons. The zero-order valence-corrected chi connectivity index (χ0v) is 15.2. The van der Waals surface area contributed by atoms with E-state index in [2.05, 4.69) is 0 Å². The van der Waals surface area contributed by atoms with Gasteiger partial charge in [0.1, 0.15) is 29.8 Å². The number of imide groups is 1. The molecule has 2 N–H and O–H groups in total. The van der Waals surface area contributed by atoms with Crippen molar-refractivity contribution in [2.45, 2.75) is 12.1 Å². The highest BCUT2D eigenvalue weighted by Gasteiger charge is 2.61. The topological polar surface area (TPSA) is 106 Å². The van der Waals surface area contributed by atoms with E-state index in [1.54, 1.807) is 36.4 Å². The second kappa shape index (κ2) is 6.54. The Morgan fingerprint density at radius 3 is 2.45 bits per heavy atom. The van der Waals surface area contributed by atoms with E-state index in [9.17, 15) is 14.4 Å². The molecule has 1 aromatic heterocycles. The Morgan fingerprint density at radius 1 is 1.00 bits per heavy atom. The lowest BCUT2D eigenvalue weighted by molar-refractivity contribution is -0.176. The van der Waals surface area contributed by atoms with Gasteiger partial charge in [-0.05, 0) is 24.3 Å². The Morgan fingerprint density at radius 2 is 1.72 bits per heavy atom. The predicted molar refractivity (Wildman–Crippen MR) is 102 cm³/mol. The molecule has 0 saturated carbocycles. The summed E-state index contributed by atoms with van der Waals surface area (Å²) in [6.07, 6.45) is -1.04. The lowest BCUT2D eigenvalue weighted by Crippen LogP contribution is -2.40. The molecular formula is C21H17N3O5. The molecule has 0 bridgehead atoms. The Kier molecular flexibility index (Phi) is 3.97. The summed E-state index contributed by atoms with van der Waals surface area (Å²) in [5, 5.41) is 2.13. The number of benzene rings is 2. The second-order valence-corrected chi connectivity index (χ2v) is 7.07. The molecule has 5 rings (SSSR count). The molecule has 2 aliphatic heterocycles. The average molecular weight is 391 g/mol. The minimum absolute atomic E-state index is 0.263. The van der Waals surface area contributed by atoms with Crippen molar-refractivity contribution in [2.75, 3.05) is 11.4 Å². The van der Waals surface area contributed by atoms with Gasteiger partial charge in [0.05, 0.1) is 5.69 Å². The first kappa shape index (κ1) is 17.6. The van der Waals surface area contributed by atoms with Crippen LogP contribution < -0.4 is 10.6 Å². The Hall–Kier alpha value is -3.49. The maximum atomic E-state index is 13.3. The molecule has 0 spiro atoms. The van der Waals surface area contributed by atoms with Gasteiger partial charge in [-0.15, -0.1) is 0 Å². The molecule has 8 nitrogen and oxygen atoms in total. The van der Waals surface area contributed by atoms with Crippen molar-refractivity contribution in [3.05, 3.63) is 66.4 Å². The van der Waals surface area contributed by atoms with E-state index in [1.807, 2.05) is 24.3 Å². The van der Waals surface area contributed by atoms with Gasteiger partial charge in [-0.25, -0.2) is 4.90 Å². The number of hydrogen-bond acceptors (Lipinski definition) is 6. The molecule has 0 aliphatic carbocycles. The number of para-hydroxylation sites is 2. The van der Waals surface area contributed by atoms with Gasteiger partial charge in [0.2, 0.25) is 11.8 Å². The molecule has 3 amide bonds. The molecule has 29 heavy (non-hydrogen) atoms. The van der Waals surface area contributed by atoms with E-state index in [0.29, 0.717) is 17.0 Å². The number of anilines is 1. The fourth-order valence-electron chi connectivity index (χ4n) is 4.06. The molecule has 8 heteroatoms. The fraction of sp³-hybridized carbons (Fsp3) is 0.190. The number of nitrogens with two attached hydrogens (primary N) is 1. The van der Waals surface area contributed by atoms with Gasteiger partial charge in [-0.1, -0.05) is 36.4 Å². The number of carbonyl (C=O) groups is 3. The molecule has 3 heterocycles. The number of amides is 3. The van der Waals surface area contributed by atoms with Crippen molar-refractivity contribution in [2.24, 2.45) is 11.7 Å². The van der Waals surface area contributed by atoms with Crippen LogP contribution in [0.25, 0.3) is 11.0 Å². The zero-order chi connectivity index (χ0) is 20.1. The number of nitrogens with zero attached hydrogens (tertiary/aromatic N) is 2. The van der Waals surface area contributed by atoms with Gasteiger partial charge in [-0.3, -0.25) is 19.2 Å². The number of fused-ring (bicyclic) bond motifs is 2. The van der Waals surface area contributed by atoms with E-state index in [-0.39, 0.29) is 6.54 Å². The first-order chi connectivity index (χ1) is 14.0. The number of primary amides is 1. The Labute approximate surface area is 165 Å². The monoisotopic (exact) mass is 391 g/mol. The molecule has 3 aromatic rings. The number of furan rings is 1. The summed E-state index contributed by atoms with van der Waals surface area (Å²) < 4.78 is 5.94. The van der Waals surface area contributed by atoms with Crippen LogP contribution in [0.5, 0.6) is 0 Å². The highest BCUT2D eigenvalue weighted by molar-refractivity contribution is 6.23. The highest BCUT2D eigenvalue weighted by atomic mass is 16.7. The average Bonchev–Trinajstić information content (AvgIpc) is 3.35. The lowest BCUT2D eigenvalue weighted by Gasteiger charge is -2.24. The smallest absolute Gasteiger partial charge is 0.265 e. The van der Waals surface area contributed by atoms with E-state index < -0.39 is 35.8 Å². The van der Waals surface area contributed by atoms with Crippen molar-refractivity contribution in [1.29, 1.82) is 0 Å². The van der Waals surface area contributed by atoms with E-state index in [0.717, 1.165) is 10.3 Å². The minimum Gasteiger partial charge on any atom is -0.459 e. The lowest BCUT2D eigenvalue weighted by atomic mass is 9.94. The van der Waals surface area contributed by atoms with Crippen LogP contribution in [0.3, 0.4) is 0 Å². The van der Waals surface area contributed by atoms with Gasteiger partial charge in [0, 0.05) is 5.39 Å². The molecule has 3 atom stereocenters. The van der Waals surface area contributed by atoms with Gasteiger partial charge in [0.25, 0.3) is 5.91 Å². The highest BCUT2D eigenvalue weighted by Crippen LogP contribution is 2.46. The van der Waals surface area contributed by atoms with Crippen LogP contribution in [-0.2, 0) is 19.2 Å². The van der Waals surface area contributed by atoms with Gasteiger partial charge in [-0.2, -0.15) is 5.06 Å². The zero-order valence-electron chi connectivity index (χ0n) is 15.2. The van der Waals surface area contributed by atoms with Crippen LogP contribution in [0.1, 0.15) is 11.8 Å². The second-order valence-electron chi connectivity index (χ2n) is 7.07. The number of hydrogen-bond donors (Lipinski definition) is 1. The van der Waals surface area contributed by atoms with E-state index >= 15 is 0 Å². The SMILES string of the molecule is NC(=O)CN1OC2C(=O)N(c3ccccc3)C(=O)C2C1c1cc2ccccc2o1. The maximum absolute atomic E-state index is 13.3. The standard InChI is InChI=1S/C21H17N3O5/c22-16(25)11-23-18(15-10-12-6-4-5-9-14(12)28-15)17-19(29-23)21(27)24(20(17)26)13-7-2-1-3-8-13/h1-10,17-19H,11H2,(H2,22,25). The predicted octanol–water partition coefficient (Wildman–Crippen LogP) is 1.76. The molecule has 3 unspecified atom stereocenters. The summed E-state index contributed by atoms with van der Waals surface area (Å²) in [5.74, 6) is -1.91. The van der Waals surface area contributed by atoms with E-state index in [1.165, 1.54) is 5.06 Å². The Bertz CT molecular complexity index is 1090. The van der Waals surface area contributed by atoms with E-state index in [4.69, 9.17) is 15.0 Å². The number of carbonyl (C=O) groups excluding carboxylic acids is 3. The Balaban J connectivity index is 1.58. The van der Waals surface area contributed by atoms with Crippen molar-refractivity contribution in [3.8, 4) is 0 Å². The van der Waals surface area contributed by atoms with Crippen molar-refractivity contribution < 1.29 is 23.6 Å². The largest absolute Gasteiger partial charge is 0.459 e. The summed E-state index contributed by atoms with van der Waals surface area (Å²) in [6.45, 7) is -0.263. The first-order valence-electron chi connectivity index (χ1n) is 9.17. The van der Waals surface area contributed by atoms with Gasteiger partial charge >= 0.3 is 0 Å². The van der Waals surface area contributed by atoms with Crippen LogP contribution in [0, 0.1) is 5.92 Å². The fourth-order valence-corrected chi connectivity index (χ4v) is 4.06. The van der Waals surface area contributed by atoms with Crippen molar-refractivity contribution >= 4 is 34.4 Å². The molecule has 2 aromatic carbocycles. The number of rotatable bonds is 4. The van der Waals surface area contributed by atoms with Crippen molar-refractivity contribution in [1.82, 2.24) is 5.06 Å².